The molecule has 2 heteroatoms. The smallest absolute Gasteiger partial charge is 0.119 e. The third-order valence-corrected chi connectivity index (χ3v) is 2.83. The molecule has 0 saturated heterocycles. The highest BCUT2D eigenvalue weighted by Crippen LogP contribution is 2.23. The van der Waals surface area contributed by atoms with Crippen molar-refractivity contribution in [1.29, 1.82) is 0 Å². The lowest BCUT2D eigenvalue weighted by atomic mass is 9.93. The van der Waals surface area contributed by atoms with Gasteiger partial charge in [-0.2, -0.15) is 0 Å². The highest BCUT2D eigenvalue weighted by molar-refractivity contribution is 5.29. The molecule has 2 unspecified atom stereocenters. The Morgan fingerprint density at radius 1 is 1.20 bits per heavy atom. The summed E-state index contributed by atoms with van der Waals surface area (Å²) >= 11 is 0. The summed E-state index contributed by atoms with van der Waals surface area (Å²) in [4.78, 5) is 0. The van der Waals surface area contributed by atoms with Gasteiger partial charge in [-0.05, 0) is 30.5 Å². The first kappa shape index (κ1) is 12.1. The zero-order valence-electron chi connectivity index (χ0n) is 9.86. The molecule has 0 saturated carbocycles. The Kier molecular flexibility index (Phi) is 4.63. The molecule has 1 aromatic carbocycles. The Balaban J connectivity index is 2.70. The lowest BCUT2D eigenvalue weighted by Gasteiger charge is -2.18. The van der Waals surface area contributed by atoms with Crippen molar-refractivity contribution >= 4 is 0 Å². The summed E-state index contributed by atoms with van der Waals surface area (Å²) in [7, 11) is 0. The van der Waals surface area contributed by atoms with Crippen LogP contribution in [0, 0.1) is 5.92 Å². The minimum atomic E-state index is 0.130. The molecule has 2 N–H and O–H groups in total. The van der Waals surface area contributed by atoms with Gasteiger partial charge in [0.1, 0.15) is 5.75 Å². The Morgan fingerprint density at radius 2 is 1.80 bits per heavy atom. The maximum atomic E-state index is 6.13. The highest BCUT2D eigenvalue weighted by Gasteiger charge is 2.12. The molecular formula is C13H21NO. The zero-order chi connectivity index (χ0) is 11.3. The highest BCUT2D eigenvalue weighted by atomic mass is 16.5. The van der Waals surface area contributed by atoms with Crippen LogP contribution in [0.5, 0.6) is 5.75 Å². The molecule has 0 spiro atoms. The first-order valence-corrected chi connectivity index (χ1v) is 5.67. The third-order valence-electron chi connectivity index (χ3n) is 2.83. The van der Waals surface area contributed by atoms with Crippen LogP contribution >= 0.6 is 0 Å². The van der Waals surface area contributed by atoms with E-state index in [9.17, 15) is 0 Å². The Labute approximate surface area is 92.4 Å². The van der Waals surface area contributed by atoms with Crippen molar-refractivity contribution < 1.29 is 4.74 Å². The number of rotatable bonds is 5. The molecule has 2 nitrogen and oxygen atoms in total. The van der Waals surface area contributed by atoms with Crippen molar-refractivity contribution in [3.63, 3.8) is 0 Å². The van der Waals surface area contributed by atoms with Gasteiger partial charge in [-0.25, -0.2) is 0 Å². The van der Waals surface area contributed by atoms with Gasteiger partial charge < -0.3 is 10.5 Å². The summed E-state index contributed by atoms with van der Waals surface area (Å²) in [5.74, 6) is 1.43. The number of benzene rings is 1. The van der Waals surface area contributed by atoms with E-state index in [4.69, 9.17) is 10.5 Å². The monoisotopic (exact) mass is 207 g/mol. The van der Waals surface area contributed by atoms with Crippen LogP contribution in [0.3, 0.4) is 0 Å². The molecule has 0 radical (unpaired) electrons. The zero-order valence-corrected chi connectivity index (χ0v) is 9.86. The molecule has 0 fully saturated rings. The van der Waals surface area contributed by atoms with Gasteiger partial charge in [0, 0.05) is 6.04 Å². The second-order valence-electron chi connectivity index (χ2n) is 3.91. The third kappa shape index (κ3) is 3.24. The van der Waals surface area contributed by atoms with E-state index in [-0.39, 0.29) is 6.04 Å². The quantitative estimate of drug-likeness (QED) is 0.805. The fourth-order valence-corrected chi connectivity index (χ4v) is 1.54. The average molecular weight is 207 g/mol. The Hall–Kier alpha value is -1.02. The standard InChI is InChI=1S/C13H21NO/c1-4-10(3)13(14)11-6-8-12(9-7-11)15-5-2/h6-10,13H,4-5,14H2,1-3H3. The first-order chi connectivity index (χ1) is 7.19. The molecule has 0 aliphatic carbocycles. The van der Waals surface area contributed by atoms with Crippen molar-refractivity contribution in [1.82, 2.24) is 0 Å². The predicted octanol–water partition coefficient (Wildman–Crippen LogP) is 3.13. The first-order valence-electron chi connectivity index (χ1n) is 5.67. The molecule has 0 heterocycles. The predicted molar refractivity (Wildman–Crippen MR) is 64.0 cm³/mol. The Bertz CT molecular complexity index is 281. The van der Waals surface area contributed by atoms with E-state index >= 15 is 0 Å². The topological polar surface area (TPSA) is 35.2 Å². The van der Waals surface area contributed by atoms with Crippen molar-refractivity contribution in [2.75, 3.05) is 6.61 Å². The molecular weight excluding hydrogens is 186 g/mol. The summed E-state index contributed by atoms with van der Waals surface area (Å²) in [5, 5.41) is 0. The number of hydrogen-bond acceptors (Lipinski definition) is 2. The van der Waals surface area contributed by atoms with Crippen LogP contribution in [0.2, 0.25) is 0 Å². The van der Waals surface area contributed by atoms with Gasteiger partial charge in [-0.1, -0.05) is 32.4 Å². The second kappa shape index (κ2) is 5.76. The minimum Gasteiger partial charge on any atom is -0.494 e. The molecule has 84 valence electrons. The summed E-state index contributed by atoms with van der Waals surface area (Å²) < 4.78 is 5.39. The normalized spacial score (nSPS) is 14.7. The molecule has 0 amide bonds. The lowest BCUT2D eigenvalue weighted by Crippen LogP contribution is -2.18. The molecule has 15 heavy (non-hydrogen) atoms. The van der Waals surface area contributed by atoms with Gasteiger partial charge in [0.05, 0.1) is 6.61 Å². The van der Waals surface area contributed by atoms with Crippen molar-refractivity contribution in [2.45, 2.75) is 33.2 Å². The van der Waals surface area contributed by atoms with E-state index in [1.165, 1.54) is 5.56 Å². The van der Waals surface area contributed by atoms with Gasteiger partial charge in [0.2, 0.25) is 0 Å². The summed E-state index contributed by atoms with van der Waals surface area (Å²) in [6.07, 6.45) is 1.11. The number of ether oxygens (including phenoxy) is 1. The van der Waals surface area contributed by atoms with Gasteiger partial charge >= 0.3 is 0 Å². The van der Waals surface area contributed by atoms with Crippen LogP contribution in [-0.2, 0) is 0 Å². The Morgan fingerprint density at radius 3 is 2.27 bits per heavy atom. The van der Waals surface area contributed by atoms with E-state index < -0.39 is 0 Å². The molecule has 1 rings (SSSR count). The van der Waals surface area contributed by atoms with Crippen LogP contribution in [-0.4, -0.2) is 6.61 Å². The van der Waals surface area contributed by atoms with E-state index in [0.29, 0.717) is 12.5 Å². The average Bonchev–Trinajstić information content (AvgIpc) is 2.28. The maximum absolute atomic E-state index is 6.13. The van der Waals surface area contributed by atoms with Gasteiger partial charge in [0.15, 0.2) is 0 Å². The second-order valence-corrected chi connectivity index (χ2v) is 3.91. The van der Waals surface area contributed by atoms with E-state index in [0.717, 1.165) is 12.2 Å². The van der Waals surface area contributed by atoms with E-state index in [1.54, 1.807) is 0 Å². The van der Waals surface area contributed by atoms with Crippen molar-refractivity contribution in [3.05, 3.63) is 29.8 Å². The van der Waals surface area contributed by atoms with Crippen LogP contribution < -0.4 is 10.5 Å². The molecule has 1 aromatic rings. The SMILES string of the molecule is CCOc1ccc(C(N)C(C)CC)cc1. The van der Waals surface area contributed by atoms with Crippen molar-refractivity contribution in [3.8, 4) is 5.75 Å². The summed E-state index contributed by atoms with van der Waals surface area (Å²) in [6, 6.07) is 8.22. The molecule has 0 bridgehead atoms. The van der Waals surface area contributed by atoms with Crippen LogP contribution in [0.4, 0.5) is 0 Å². The van der Waals surface area contributed by atoms with E-state index in [2.05, 4.69) is 26.0 Å². The van der Waals surface area contributed by atoms with Crippen LogP contribution in [0.25, 0.3) is 0 Å². The maximum Gasteiger partial charge on any atom is 0.119 e. The van der Waals surface area contributed by atoms with Gasteiger partial charge in [-0.15, -0.1) is 0 Å². The van der Waals surface area contributed by atoms with Crippen LogP contribution in [0.15, 0.2) is 24.3 Å². The summed E-state index contributed by atoms with van der Waals surface area (Å²) in [6.45, 7) is 7.04. The fraction of sp³-hybridized carbons (Fsp3) is 0.538. The molecule has 2 atom stereocenters. The summed E-state index contributed by atoms with van der Waals surface area (Å²) in [5.41, 5.74) is 7.32. The van der Waals surface area contributed by atoms with Crippen LogP contribution in [0.1, 0.15) is 38.8 Å². The molecule has 0 aliphatic rings. The van der Waals surface area contributed by atoms with E-state index in [1.807, 2.05) is 19.1 Å². The van der Waals surface area contributed by atoms with Crippen molar-refractivity contribution in [2.24, 2.45) is 11.7 Å². The number of nitrogens with two attached hydrogens (primary N) is 1. The van der Waals surface area contributed by atoms with Gasteiger partial charge in [-0.3, -0.25) is 0 Å². The van der Waals surface area contributed by atoms with Gasteiger partial charge in [0.25, 0.3) is 0 Å². The molecule has 0 aliphatic heterocycles. The molecule has 0 aromatic heterocycles. The fourth-order valence-electron chi connectivity index (χ4n) is 1.54. The number of hydrogen-bond donors (Lipinski definition) is 1. The lowest BCUT2D eigenvalue weighted by molar-refractivity contribution is 0.340. The largest absolute Gasteiger partial charge is 0.494 e. The minimum absolute atomic E-state index is 0.130.